The van der Waals surface area contributed by atoms with E-state index in [1.807, 2.05) is 5.51 Å². The zero-order valence-electron chi connectivity index (χ0n) is 10.5. The molecule has 0 aliphatic carbocycles. The fourth-order valence-electron chi connectivity index (χ4n) is 1.68. The van der Waals surface area contributed by atoms with Crippen LogP contribution in [0.4, 0.5) is 0 Å². The number of hydrogen-bond donors (Lipinski definition) is 1. The fraction of sp³-hybridized carbons (Fsp3) is 0.615. The van der Waals surface area contributed by atoms with Crippen molar-refractivity contribution >= 4 is 11.3 Å². The lowest BCUT2D eigenvalue weighted by Crippen LogP contribution is -2.22. The van der Waals surface area contributed by atoms with Gasteiger partial charge in [-0.05, 0) is 39.7 Å². The molecule has 0 radical (unpaired) electrons. The second kappa shape index (κ2) is 6.81. The van der Waals surface area contributed by atoms with Crippen LogP contribution in [-0.2, 0) is 0 Å². The van der Waals surface area contributed by atoms with E-state index in [2.05, 4.69) is 37.7 Å². The molecule has 0 aliphatic rings. The topological polar surface area (TPSA) is 24.9 Å². The highest BCUT2D eigenvalue weighted by Crippen LogP contribution is 2.26. The van der Waals surface area contributed by atoms with Crippen LogP contribution in [0.2, 0.25) is 0 Å². The van der Waals surface area contributed by atoms with Gasteiger partial charge in [0.2, 0.25) is 0 Å². The molecular formula is C13H22N2S. The monoisotopic (exact) mass is 238 g/mol. The minimum atomic E-state index is 0.448. The van der Waals surface area contributed by atoms with Gasteiger partial charge in [0.1, 0.15) is 0 Å². The van der Waals surface area contributed by atoms with E-state index in [0.717, 1.165) is 19.4 Å². The Balaban J connectivity index is 2.63. The molecule has 1 N–H and O–H groups in total. The van der Waals surface area contributed by atoms with Gasteiger partial charge >= 0.3 is 0 Å². The maximum atomic E-state index is 4.33. The SMILES string of the molecule is C=C(C)CCC(NCCC)c1scnc1C. The summed E-state index contributed by atoms with van der Waals surface area (Å²) in [5, 5.41) is 3.60. The van der Waals surface area contributed by atoms with E-state index in [1.54, 1.807) is 11.3 Å². The van der Waals surface area contributed by atoms with Gasteiger partial charge in [-0.1, -0.05) is 12.5 Å². The van der Waals surface area contributed by atoms with Gasteiger partial charge in [-0.25, -0.2) is 4.98 Å². The molecule has 2 nitrogen and oxygen atoms in total. The molecule has 0 amide bonds. The summed E-state index contributed by atoms with van der Waals surface area (Å²) in [5.74, 6) is 0. The van der Waals surface area contributed by atoms with Crippen molar-refractivity contribution in [1.82, 2.24) is 10.3 Å². The minimum Gasteiger partial charge on any atom is -0.309 e. The molecule has 16 heavy (non-hydrogen) atoms. The van der Waals surface area contributed by atoms with Gasteiger partial charge in [0, 0.05) is 10.9 Å². The van der Waals surface area contributed by atoms with Crippen LogP contribution in [0.25, 0.3) is 0 Å². The summed E-state index contributed by atoms with van der Waals surface area (Å²) >= 11 is 1.76. The van der Waals surface area contributed by atoms with Crippen molar-refractivity contribution in [3.63, 3.8) is 0 Å². The van der Waals surface area contributed by atoms with Gasteiger partial charge in [-0.15, -0.1) is 17.9 Å². The van der Waals surface area contributed by atoms with E-state index in [1.165, 1.54) is 22.6 Å². The average molecular weight is 238 g/mol. The molecule has 3 heteroatoms. The molecule has 1 aromatic heterocycles. The summed E-state index contributed by atoms with van der Waals surface area (Å²) in [4.78, 5) is 5.71. The highest BCUT2D eigenvalue weighted by molar-refractivity contribution is 7.09. The van der Waals surface area contributed by atoms with Crippen LogP contribution in [-0.4, -0.2) is 11.5 Å². The Morgan fingerprint density at radius 3 is 2.88 bits per heavy atom. The number of aryl methyl sites for hydroxylation is 1. The summed E-state index contributed by atoms with van der Waals surface area (Å²) in [7, 11) is 0. The van der Waals surface area contributed by atoms with Crippen LogP contribution in [0.3, 0.4) is 0 Å². The molecule has 0 saturated heterocycles. The third kappa shape index (κ3) is 4.06. The zero-order chi connectivity index (χ0) is 12.0. The van der Waals surface area contributed by atoms with Crippen LogP contribution in [0.15, 0.2) is 17.7 Å². The summed E-state index contributed by atoms with van der Waals surface area (Å²) in [6.45, 7) is 11.4. The first-order chi connectivity index (χ1) is 7.65. The van der Waals surface area contributed by atoms with E-state index in [-0.39, 0.29) is 0 Å². The average Bonchev–Trinajstić information content (AvgIpc) is 2.65. The van der Waals surface area contributed by atoms with Crippen molar-refractivity contribution in [3.8, 4) is 0 Å². The van der Waals surface area contributed by atoms with Gasteiger partial charge in [0.05, 0.1) is 11.2 Å². The second-order valence-corrected chi connectivity index (χ2v) is 5.19. The molecule has 1 unspecified atom stereocenters. The van der Waals surface area contributed by atoms with Crippen LogP contribution < -0.4 is 5.32 Å². The Hall–Kier alpha value is -0.670. The largest absolute Gasteiger partial charge is 0.309 e. The van der Waals surface area contributed by atoms with Gasteiger partial charge in [-0.3, -0.25) is 0 Å². The van der Waals surface area contributed by atoms with Gasteiger partial charge in [0.15, 0.2) is 0 Å². The van der Waals surface area contributed by atoms with Crippen molar-refractivity contribution in [2.24, 2.45) is 0 Å². The lowest BCUT2D eigenvalue weighted by molar-refractivity contribution is 0.503. The zero-order valence-corrected chi connectivity index (χ0v) is 11.4. The Bertz CT molecular complexity index is 330. The number of thiazole rings is 1. The van der Waals surface area contributed by atoms with Crippen molar-refractivity contribution in [3.05, 3.63) is 28.2 Å². The molecule has 1 rings (SSSR count). The smallest absolute Gasteiger partial charge is 0.0798 e. The van der Waals surface area contributed by atoms with Gasteiger partial charge in [0.25, 0.3) is 0 Å². The quantitative estimate of drug-likeness (QED) is 0.730. The number of allylic oxidation sites excluding steroid dienone is 1. The highest BCUT2D eigenvalue weighted by atomic mass is 32.1. The Kier molecular flexibility index (Phi) is 5.71. The van der Waals surface area contributed by atoms with Crippen LogP contribution in [0.5, 0.6) is 0 Å². The van der Waals surface area contributed by atoms with Crippen LogP contribution in [0.1, 0.15) is 49.7 Å². The van der Waals surface area contributed by atoms with Gasteiger partial charge < -0.3 is 5.32 Å². The van der Waals surface area contributed by atoms with E-state index >= 15 is 0 Å². The van der Waals surface area contributed by atoms with E-state index in [4.69, 9.17) is 0 Å². The molecule has 1 atom stereocenters. The van der Waals surface area contributed by atoms with Crippen molar-refractivity contribution in [2.75, 3.05) is 6.54 Å². The number of hydrogen-bond acceptors (Lipinski definition) is 3. The number of nitrogens with one attached hydrogen (secondary N) is 1. The standard InChI is InChI=1S/C13H22N2S/c1-5-8-14-12(7-6-10(2)3)13-11(4)15-9-16-13/h9,12,14H,2,5-8H2,1,3-4H3. The third-order valence-electron chi connectivity index (χ3n) is 2.60. The minimum absolute atomic E-state index is 0.448. The maximum absolute atomic E-state index is 4.33. The van der Waals surface area contributed by atoms with Crippen LogP contribution >= 0.6 is 11.3 Å². The number of aromatic nitrogens is 1. The first kappa shape index (κ1) is 13.4. The van der Waals surface area contributed by atoms with Crippen molar-refractivity contribution < 1.29 is 0 Å². The second-order valence-electron chi connectivity index (χ2n) is 4.30. The predicted molar refractivity (Wildman–Crippen MR) is 71.9 cm³/mol. The number of rotatable bonds is 7. The molecule has 1 aromatic rings. The maximum Gasteiger partial charge on any atom is 0.0798 e. The van der Waals surface area contributed by atoms with E-state index in [0.29, 0.717) is 6.04 Å². The molecule has 0 saturated carbocycles. The first-order valence-corrected chi connectivity index (χ1v) is 6.80. The third-order valence-corrected chi connectivity index (χ3v) is 3.64. The lowest BCUT2D eigenvalue weighted by atomic mass is 10.1. The molecule has 1 heterocycles. The number of nitrogens with zero attached hydrogens (tertiary/aromatic N) is 1. The molecule has 0 fully saturated rings. The molecule has 90 valence electrons. The summed E-state index contributed by atoms with van der Waals surface area (Å²) < 4.78 is 0. The molecular weight excluding hydrogens is 216 g/mol. The molecule has 0 aromatic carbocycles. The van der Waals surface area contributed by atoms with E-state index in [9.17, 15) is 0 Å². The predicted octanol–water partition coefficient (Wildman–Crippen LogP) is 3.85. The van der Waals surface area contributed by atoms with Crippen molar-refractivity contribution in [1.29, 1.82) is 0 Å². The summed E-state index contributed by atoms with van der Waals surface area (Å²) in [6, 6.07) is 0.448. The molecule has 0 aliphatic heterocycles. The lowest BCUT2D eigenvalue weighted by Gasteiger charge is -2.17. The normalized spacial score (nSPS) is 12.7. The van der Waals surface area contributed by atoms with Gasteiger partial charge in [-0.2, -0.15) is 0 Å². The summed E-state index contributed by atoms with van der Waals surface area (Å²) in [5.41, 5.74) is 4.36. The van der Waals surface area contributed by atoms with E-state index < -0.39 is 0 Å². The Morgan fingerprint density at radius 2 is 2.38 bits per heavy atom. The highest BCUT2D eigenvalue weighted by Gasteiger charge is 2.14. The first-order valence-electron chi connectivity index (χ1n) is 5.92. The Labute approximate surface area is 103 Å². The fourth-order valence-corrected chi connectivity index (χ4v) is 2.59. The van der Waals surface area contributed by atoms with Crippen molar-refractivity contribution in [2.45, 2.75) is 46.1 Å². The Morgan fingerprint density at radius 1 is 1.62 bits per heavy atom. The summed E-state index contributed by atoms with van der Waals surface area (Å²) in [6.07, 6.45) is 3.37. The molecule has 0 spiro atoms. The molecule has 0 bridgehead atoms. The van der Waals surface area contributed by atoms with Crippen LogP contribution in [0, 0.1) is 6.92 Å².